The van der Waals surface area contributed by atoms with Crippen LogP contribution in [0, 0.1) is 13.8 Å². The smallest absolute Gasteiger partial charge is 0.242 e. The van der Waals surface area contributed by atoms with Gasteiger partial charge < -0.3 is 10.2 Å². The van der Waals surface area contributed by atoms with Crippen LogP contribution in [-0.2, 0) is 22.6 Å². The first kappa shape index (κ1) is 23.9. The minimum Gasteiger partial charge on any atom is -0.354 e. The van der Waals surface area contributed by atoms with Crippen molar-refractivity contribution in [2.24, 2.45) is 0 Å². The molecule has 0 aliphatic rings. The van der Waals surface area contributed by atoms with Gasteiger partial charge in [-0.05, 0) is 61.1 Å². The van der Waals surface area contributed by atoms with Gasteiger partial charge >= 0.3 is 0 Å². The number of benzene rings is 2. The number of carbonyl (C=O) groups is 2. The monoisotopic (exact) mass is 428 g/mol. The molecule has 162 valence electrons. The lowest BCUT2D eigenvalue weighted by atomic mass is 10.0. The van der Waals surface area contributed by atoms with E-state index in [2.05, 4.69) is 25.2 Å². The molecule has 5 heteroatoms. The van der Waals surface area contributed by atoms with Gasteiger partial charge in [0.05, 0.1) is 6.42 Å². The molecule has 0 heterocycles. The summed E-state index contributed by atoms with van der Waals surface area (Å²) in [7, 11) is 0. The van der Waals surface area contributed by atoms with Crippen molar-refractivity contribution in [3.63, 3.8) is 0 Å². The number of halogens is 1. The van der Waals surface area contributed by atoms with E-state index < -0.39 is 6.04 Å². The number of aryl methyl sites for hydroxylation is 2. The molecule has 2 rings (SSSR count). The molecule has 0 saturated carbocycles. The topological polar surface area (TPSA) is 49.4 Å². The summed E-state index contributed by atoms with van der Waals surface area (Å²) in [6.07, 6.45) is 2.77. The van der Waals surface area contributed by atoms with Gasteiger partial charge in [0.15, 0.2) is 0 Å². The third-order valence-corrected chi connectivity index (χ3v) is 5.66. The van der Waals surface area contributed by atoms with Gasteiger partial charge in [-0.15, -0.1) is 0 Å². The van der Waals surface area contributed by atoms with Gasteiger partial charge in [0.25, 0.3) is 0 Å². The normalized spacial score (nSPS) is 11.8. The molecule has 1 N–H and O–H groups in total. The van der Waals surface area contributed by atoms with E-state index in [1.165, 1.54) is 5.56 Å². The van der Waals surface area contributed by atoms with Gasteiger partial charge in [0.1, 0.15) is 6.04 Å². The highest BCUT2D eigenvalue weighted by atomic mass is 35.5. The van der Waals surface area contributed by atoms with Crippen molar-refractivity contribution >= 4 is 23.4 Å². The third kappa shape index (κ3) is 6.88. The molecule has 0 radical (unpaired) electrons. The molecule has 0 aliphatic heterocycles. The second kappa shape index (κ2) is 11.8. The van der Waals surface area contributed by atoms with E-state index in [4.69, 9.17) is 11.6 Å². The van der Waals surface area contributed by atoms with Crippen LogP contribution in [0.25, 0.3) is 0 Å². The first-order valence-corrected chi connectivity index (χ1v) is 11.1. The summed E-state index contributed by atoms with van der Waals surface area (Å²) in [4.78, 5) is 27.9. The number of nitrogens with zero attached hydrogens (tertiary/aromatic N) is 1. The summed E-state index contributed by atoms with van der Waals surface area (Å²) in [5, 5.41) is 3.64. The van der Waals surface area contributed by atoms with Gasteiger partial charge in [-0.25, -0.2) is 0 Å². The average molecular weight is 429 g/mol. The molecule has 30 heavy (non-hydrogen) atoms. The standard InChI is InChI=1S/C25H33ClN2O2/c1-5-7-14-27-25(30)23(6-2)28(17-20-10-12-22(26)13-11-20)24(29)16-21-9-8-18(3)19(4)15-21/h8-13,15,23H,5-7,14,16-17H2,1-4H3,(H,27,30)/t23-/m0/s1. The van der Waals surface area contributed by atoms with Crippen LogP contribution in [0.5, 0.6) is 0 Å². The lowest BCUT2D eigenvalue weighted by Gasteiger charge is -2.31. The molecule has 0 saturated heterocycles. The molecule has 0 fully saturated rings. The Balaban J connectivity index is 2.25. The Morgan fingerprint density at radius 3 is 2.27 bits per heavy atom. The largest absolute Gasteiger partial charge is 0.354 e. The molecule has 0 bridgehead atoms. The predicted octanol–water partition coefficient (Wildman–Crippen LogP) is 5.22. The number of rotatable bonds is 10. The third-order valence-electron chi connectivity index (χ3n) is 5.41. The number of nitrogens with one attached hydrogen (secondary N) is 1. The highest BCUT2D eigenvalue weighted by molar-refractivity contribution is 6.30. The number of unbranched alkanes of at least 4 members (excludes halogenated alkanes) is 1. The number of amides is 2. The summed E-state index contributed by atoms with van der Waals surface area (Å²) in [5.74, 6) is -0.140. The Morgan fingerprint density at radius 1 is 1.00 bits per heavy atom. The first-order valence-electron chi connectivity index (χ1n) is 10.7. The summed E-state index contributed by atoms with van der Waals surface area (Å²) in [6, 6.07) is 13.0. The fraction of sp³-hybridized carbons (Fsp3) is 0.440. The summed E-state index contributed by atoms with van der Waals surface area (Å²) in [6.45, 7) is 9.14. The Kier molecular flexibility index (Phi) is 9.38. The van der Waals surface area contributed by atoms with Crippen molar-refractivity contribution in [2.75, 3.05) is 6.54 Å². The highest BCUT2D eigenvalue weighted by Gasteiger charge is 2.28. The second-order valence-electron chi connectivity index (χ2n) is 7.81. The van der Waals surface area contributed by atoms with E-state index in [1.54, 1.807) is 4.90 Å². The fourth-order valence-electron chi connectivity index (χ4n) is 3.40. The fourth-order valence-corrected chi connectivity index (χ4v) is 3.53. The molecule has 1 atom stereocenters. The molecule has 0 unspecified atom stereocenters. The molecule has 0 aliphatic carbocycles. The Bertz CT molecular complexity index is 849. The van der Waals surface area contributed by atoms with Crippen molar-refractivity contribution in [1.82, 2.24) is 10.2 Å². The predicted molar refractivity (Wildman–Crippen MR) is 124 cm³/mol. The first-order chi connectivity index (χ1) is 14.3. The van der Waals surface area contributed by atoms with E-state index in [0.717, 1.165) is 29.5 Å². The highest BCUT2D eigenvalue weighted by Crippen LogP contribution is 2.18. The summed E-state index contributed by atoms with van der Waals surface area (Å²) < 4.78 is 0. The maximum absolute atomic E-state index is 13.3. The molecule has 4 nitrogen and oxygen atoms in total. The molecular weight excluding hydrogens is 396 g/mol. The maximum atomic E-state index is 13.3. The summed E-state index contributed by atoms with van der Waals surface area (Å²) >= 11 is 6.01. The SMILES string of the molecule is CCCCNC(=O)[C@H](CC)N(Cc1ccc(Cl)cc1)C(=O)Cc1ccc(C)c(C)c1. The van der Waals surface area contributed by atoms with E-state index in [0.29, 0.717) is 24.5 Å². The van der Waals surface area contributed by atoms with Gasteiger partial charge in [0.2, 0.25) is 11.8 Å². The Hall–Kier alpha value is -2.33. The van der Waals surface area contributed by atoms with E-state index in [1.807, 2.05) is 50.2 Å². The van der Waals surface area contributed by atoms with Gasteiger partial charge in [-0.2, -0.15) is 0 Å². The molecule has 0 spiro atoms. The minimum absolute atomic E-state index is 0.0503. The van der Waals surface area contributed by atoms with E-state index >= 15 is 0 Å². The van der Waals surface area contributed by atoms with E-state index in [9.17, 15) is 9.59 Å². The zero-order valence-electron chi connectivity index (χ0n) is 18.5. The van der Waals surface area contributed by atoms with Crippen molar-refractivity contribution in [3.8, 4) is 0 Å². The Morgan fingerprint density at radius 2 is 1.67 bits per heavy atom. The summed E-state index contributed by atoms with van der Waals surface area (Å²) in [5.41, 5.74) is 4.28. The zero-order chi connectivity index (χ0) is 22.1. The van der Waals surface area contributed by atoms with Crippen molar-refractivity contribution in [1.29, 1.82) is 0 Å². The van der Waals surface area contributed by atoms with Crippen molar-refractivity contribution < 1.29 is 9.59 Å². The molecule has 0 aromatic heterocycles. The van der Waals surface area contributed by atoms with Crippen molar-refractivity contribution in [3.05, 3.63) is 69.7 Å². The number of carbonyl (C=O) groups excluding carboxylic acids is 2. The van der Waals surface area contributed by atoms with E-state index in [-0.39, 0.29) is 18.2 Å². The maximum Gasteiger partial charge on any atom is 0.242 e. The van der Waals surface area contributed by atoms with Crippen LogP contribution in [0.2, 0.25) is 5.02 Å². The molecular formula is C25H33ClN2O2. The van der Waals surface area contributed by atoms with Crippen LogP contribution >= 0.6 is 11.6 Å². The lowest BCUT2D eigenvalue weighted by Crippen LogP contribution is -2.49. The van der Waals surface area contributed by atoms with Crippen LogP contribution in [-0.4, -0.2) is 29.3 Å². The van der Waals surface area contributed by atoms with Crippen LogP contribution in [0.1, 0.15) is 55.4 Å². The molecule has 2 aromatic carbocycles. The lowest BCUT2D eigenvalue weighted by molar-refractivity contribution is -0.140. The second-order valence-corrected chi connectivity index (χ2v) is 8.25. The van der Waals surface area contributed by atoms with Gasteiger partial charge in [-0.3, -0.25) is 9.59 Å². The number of hydrogen-bond acceptors (Lipinski definition) is 2. The number of hydrogen-bond donors (Lipinski definition) is 1. The van der Waals surface area contributed by atoms with Crippen LogP contribution < -0.4 is 5.32 Å². The average Bonchev–Trinajstić information content (AvgIpc) is 2.72. The van der Waals surface area contributed by atoms with Gasteiger partial charge in [0, 0.05) is 18.1 Å². The van der Waals surface area contributed by atoms with Crippen LogP contribution in [0.3, 0.4) is 0 Å². The van der Waals surface area contributed by atoms with Crippen LogP contribution in [0.4, 0.5) is 0 Å². The molecule has 2 aromatic rings. The van der Waals surface area contributed by atoms with Crippen LogP contribution in [0.15, 0.2) is 42.5 Å². The Labute approximate surface area is 185 Å². The quantitative estimate of drug-likeness (QED) is 0.527. The molecule has 2 amide bonds. The van der Waals surface area contributed by atoms with Crippen molar-refractivity contribution in [2.45, 2.75) is 66.0 Å². The van der Waals surface area contributed by atoms with Gasteiger partial charge in [-0.1, -0.05) is 62.2 Å². The minimum atomic E-state index is -0.503. The zero-order valence-corrected chi connectivity index (χ0v) is 19.3.